The van der Waals surface area contributed by atoms with Crippen molar-refractivity contribution in [3.8, 4) is 0 Å². The van der Waals surface area contributed by atoms with Gasteiger partial charge in [0.1, 0.15) is 0 Å². The molecule has 1 aromatic rings. The molecule has 0 spiro atoms. The maximum Gasteiger partial charge on any atom is 0.310 e. The number of hydrogen-bond donors (Lipinski definition) is 0. The Balaban J connectivity index is 2.08. The van der Waals surface area contributed by atoms with Crippen LogP contribution in [0.5, 0.6) is 0 Å². The van der Waals surface area contributed by atoms with Crippen LogP contribution in [0, 0.1) is 5.92 Å². The molecule has 20 heavy (non-hydrogen) atoms. The van der Waals surface area contributed by atoms with Crippen molar-refractivity contribution in [2.45, 2.75) is 19.8 Å². The van der Waals surface area contributed by atoms with Crippen molar-refractivity contribution in [2.75, 3.05) is 43.6 Å². The lowest BCUT2D eigenvalue weighted by Gasteiger charge is -2.33. The number of hydrogen-bond acceptors (Lipinski definition) is 4. The fourth-order valence-electron chi connectivity index (χ4n) is 2.63. The van der Waals surface area contributed by atoms with Gasteiger partial charge in [-0.1, -0.05) is 6.07 Å². The Labute approximate surface area is 121 Å². The summed E-state index contributed by atoms with van der Waals surface area (Å²) in [6, 6.07) is 8.45. The first-order valence-corrected chi connectivity index (χ1v) is 7.30. The zero-order chi connectivity index (χ0) is 14.5. The first-order valence-electron chi connectivity index (χ1n) is 7.30. The van der Waals surface area contributed by atoms with Gasteiger partial charge in [0.05, 0.1) is 12.5 Å². The zero-order valence-electron chi connectivity index (χ0n) is 12.6. The van der Waals surface area contributed by atoms with Crippen molar-refractivity contribution in [3.05, 3.63) is 24.3 Å². The molecule has 0 saturated carbocycles. The zero-order valence-corrected chi connectivity index (χ0v) is 12.6. The summed E-state index contributed by atoms with van der Waals surface area (Å²) in [4.78, 5) is 16.3. The highest BCUT2D eigenvalue weighted by Gasteiger charge is 2.27. The average molecular weight is 276 g/mol. The summed E-state index contributed by atoms with van der Waals surface area (Å²) in [5.74, 6) is -0.0484. The van der Waals surface area contributed by atoms with E-state index in [4.69, 9.17) is 4.74 Å². The van der Waals surface area contributed by atoms with Crippen LogP contribution in [0.25, 0.3) is 0 Å². The van der Waals surface area contributed by atoms with Crippen molar-refractivity contribution < 1.29 is 9.53 Å². The van der Waals surface area contributed by atoms with Gasteiger partial charge < -0.3 is 14.5 Å². The van der Waals surface area contributed by atoms with Gasteiger partial charge in [0.25, 0.3) is 0 Å². The van der Waals surface area contributed by atoms with Crippen LogP contribution in [0.1, 0.15) is 19.8 Å². The molecule has 4 heteroatoms. The number of esters is 1. The van der Waals surface area contributed by atoms with Gasteiger partial charge in [-0.25, -0.2) is 0 Å². The summed E-state index contributed by atoms with van der Waals surface area (Å²) in [6.45, 7) is 4.09. The molecule has 1 heterocycles. The quantitative estimate of drug-likeness (QED) is 0.791. The number of ether oxygens (including phenoxy) is 1. The molecule has 1 aliphatic heterocycles. The molecular formula is C16H24N2O2. The molecule has 1 fully saturated rings. The Morgan fingerprint density at radius 2 is 2.25 bits per heavy atom. The lowest BCUT2D eigenvalue weighted by Crippen LogP contribution is -2.39. The Morgan fingerprint density at radius 3 is 2.95 bits per heavy atom. The third-order valence-corrected chi connectivity index (χ3v) is 3.75. The summed E-state index contributed by atoms with van der Waals surface area (Å²) in [5.41, 5.74) is 2.37. The maximum absolute atomic E-state index is 11.9. The standard InChI is InChI=1S/C16H24N2O2/c1-4-20-16(19)13-7-6-10-18(12-13)15-9-5-8-14(11-15)17(2)3/h5,8-9,11,13H,4,6-7,10,12H2,1-3H3. The van der Waals surface area contributed by atoms with Gasteiger partial charge in [-0.3, -0.25) is 4.79 Å². The van der Waals surface area contributed by atoms with E-state index in [0.717, 1.165) is 25.9 Å². The van der Waals surface area contributed by atoms with E-state index in [9.17, 15) is 4.79 Å². The predicted molar refractivity (Wildman–Crippen MR) is 82.3 cm³/mol. The summed E-state index contributed by atoms with van der Waals surface area (Å²) in [6.07, 6.45) is 1.97. The number of nitrogens with zero attached hydrogens (tertiary/aromatic N) is 2. The molecule has 110 valence electrons. The van der Waals surface area contributed by atoms with Gasteiger partial charge in [-0.05, 0) is 38.0 Å². The number of anilines is 2. The molecule has 0 aromatic heterocycles. The van der Waals surface area contributed by atoms with Gasteiger partial charge in [0.2, 0.25) is 0 Å². The highest BCUT2D eigenvalue weighted by atomic mass is 16.5. The smallest absolute Gasteiger partial charge is 0.310 e. The van der Waals surface area contributed by atoms with E-state index in [-0.39, 0.29) is 11.9 Å². The lowest BCUT2D eigenvalue weighted by atomic mass is 9.97. The normalized spacial score (nSPS) is 18.8. The number of piperidine rings is 1. The summed E-state index contributed by atoms with van der Waals surface area (Å²) >= 11 is 0. The molecule has 0 amide bonds. The van der Waals surface area contributed by atoms with Crippen LogP contribution in [0.4, 0.5) is 11.4 Å². The van der Waals surface area contributed by atoms with Crippen LogP contribution < -0.4 is 9.80 Å². The van der Waals surface area contributed by atoms with Gasteiger partial charge in [0, 0.05) is 38.6 Å². The second-order valence-corrected chi connectivity index (χ2v) is 5.45. The van der Waals surface area contributed by atoms with E-state index < -0.39 is 0 Å². The minimum absolute atomic E-state index is 0.00622. The minimum Gasteiger partial charge on any atom is -0.466 e. The highest BCUT2D eigenvalue weighted by molar-refractivity contribution is 5.74. The SMILES string of the molecule is CCOC(=O)C1CCCN(c2cccc(N(C)C)c2)C1. The van der Waals surface area contributed by atoms with Gasteiger partial charge >= 0.3 is 5.97 Å². The minimum atomic E-state index is -0.0547. The lowest BCUT2D eigenvalue weighted by molar-refractivity contribution is -0.148. The molecule has 1 aromatic carbocycles. The van der Waals surface area contributed by atoms with Crippen LogP contribution in [0.15, 0.2) is 24.3 Å². The molecule has 1 aliphatic rings. The van der Waals surface area contributed by atoms with E-state index in [1.54, 1.807) is 0 Å². The first-order chi connectivity index (χ1) is 9.61. The van der Waals surface area contributed by atoms with Gasteiger partial charge in [0.15, 0.2) is 0 Å². The number of carbonyl (C=O) groups is 1. The van der Waals surface area contributed by atoms with Crippen LogP contribution in [0.2, 0.25) is 0 Å². The monoisotopic (exact) mass is 276 g/mol. The molecule has 1 atom stereocenters. The van der Waals surface area contributed by atoms with Crippen LogP contribution in [-0.4, -0.2) is 39.8 Å². The Morgan fingerprint density at radius 1 is 1.45 bits per heavy atom. The highest BCUT2D eigenvalue weighted by Crippen LogP contribution is 2.26. The molecule has 4 nitrogen and oxygen atoms in total. The molecule has 1 unspecified atom stereocenters. The summed E-state index contributed by atoms with van der Waals surface area (Å²) in [5, 5.41) is 0. The van der Waals surface area contributed by atoms with Gasteiger partial charge in [-0.2, -0.15) is 0 Å². The van der Waals surface area contributed by atoms with Crippen molar-refractivity contribution in [2.24, 2.45) is 5.92 Å². The Bertz CT molecular complexity index is 460. The predicted octanol–water partition coefficient (Wildman–Crippen LogP) is 2.53. The average Bonchev–Trinajstić information content (AvgIpc) is 2.48. The molecule has 0 N–H and O–H groups in total. The van der Waals surface area contributed by atoms with Crippen molar-refractivity contribution in [1.29, 1.82) is 0 Å². The van der Waals surface area contributed by atoms with E-state index in [1.165, 1.54) is 11.4 Å². The second kappa shape index (κ2) is 6.64. The van der Waals surface area contributed by atoms with E-state index in [0.29, 0.717) is 6.61 Å². The summed E-state index contributed by atoms with van der Waals surface area (Å²) < 4.78 is 5.15. The molecule has 0 bridgehead atoms. The fraction of sp³-hybridized carbons (Fsp3) is 0.562. The molecule has 1 saturated heterocycles. The van der Waals surface area contributed by atoms with E-state index in [2.05, 4.69) is 34.1 Å². The van der Waals surface area contributed by atoms with E-state index in [1.807, 2.05) is 21.0 Å². The molecule has 0 radical (unpaired) electrons. The first kappa shape index (κ1) is 14.7. The Kier molecular flexibility index (Phi) is 4.88. The summed E-state index contributed by atoms with van der Waals surface area (Å²) in [7, 11) is 4.08. The van der Waals surface area contributed by atoms with Crippen molar-refractivity contribution in [3.63, 3.8) is 0 Å². The van der Waals surface area contributed by atoms with Crippen molar-refractivity contribution >= 4 is 17.3 Å². The third kappa shape index (κ3) is 3.44. The van der Waals surface area contributed by atoms with Crippen molar-refractivity contribution in [1.82, 2.24) is 0 Å². The van der Waals surface area contributed by atoms with E-state index >= 15 is 0 Å². The second-order valence-electron chi connectivity index (χ2n) is 5.45. The third-order valence-electron chi connectivity index (χ3n) is 3.75. The Hall–Kier alpha value is -1.71. The molecule has 2 rings (SSSR count). The fourth-order valence-corrected chi connectivity index (χ4v) is 2.63. The molecule has 0 aliphatic carbocycles. The topological polar surface area (TPSA) is 32.8 Å². The maximum atomic E-state index is 11.9. The van der Waals surface area contributed by atoms with Gasteiger partial charge in [-0.15, -0.1) is 0 Å². The van der Waals surface area contributed by atoms with Crippen LogP contribution >= 0.6 is 0 Å². The number of carbonyl (C=O) groups excluding carboxylic acids is 1. The van der Waals surface area contributed by atoms with Crippen LogP contribution in [0.3, 0.4) is 0 Å². The largest absolute Gasteiger partial charge is 0.466 e. The number of benzene rings is 1. The van der Waals surface area contributed by atoms with Crippen LogP contribution in [-0.2, 0) is 9.53 Å². The number of rotatable bonds is 4. The molecular weight excluding hydrogens is 252 g/mol.